The van der Waals surface area contributed by atoms with Crippen LogP contribution in [0.3, 0.4) is 0 Å². The second kappa shape index (κ2) is 3.96. The lowest BCUT2D eigenvalue weighted by molar-refractivity contribution is 0.0844. The highest BCUT2D eigenvalue weighted by Crippen LogP contribution is 2.27. The molecule has 2 N–H and O–H groups in total. The predicted molar refractivity (Wildman–Crippen MR) is 56.2 cm³/mol. The van der Waals surface area contributed by atoms with E-state index in [4.69, 9.17) is 10.5 Å². The molecule has 0 unspecified atom stereocenters. The molecule has 1 saturated heterocycles. The van der Waals surface area contributed by atoms with Gasteiger partial charge in [-0.2, -0.15) is 0 Å². The Balaban J connectivity index is 2.22. The van der Waals surface area contributed by atoms with E-state index in [1.54, 1.807) is 6.20 Å². The zero-order valence-electron chi connectivity index (χ0n) is 8.49. The van der Waals surface area contributed by atoms with Gasteiger partial charge in [-0.15, -0.1) is 0 Å². The summed E-state index contributed by atoms with van der Waals surface area (Å²) in [4.78, 5) is 4.42. The maximum absolute atomic E-state index is 5.67. The molecule has 0 aromatic carbocycles. The van der Waals surface area contributed by atoms with Crippen LogP contribution in [0, 0.1) is 6.92 Å². The van der Waals surface area contributed by atoms with Gasteiger partial charge in [0.1, 0.15) is 0 Å². The molecule has 3 heteroatoms. The first-order valence-corrected chi connectivity index (χ1v) is 5.07. The van der Waals surface area contributed by atoms with Crippen LogP contribution < -0.4 is 5.73 Å². The van der Waals surface area contributed by atoms with Gasteiger partial charge in [0, 0.05) is 24.8 Å². The molecule has 1 aromatic rings. The van der Waals surface area contributed by atoms with E-state index in [9.17, 15) is 0 Å². The van der Waals surface area contributed by atoms with E-state index in [2.05, 4.69) is 11.9 Å². The number of rotatable bonds is 1. The van der Waals surface area contributed by atoms with Gasteiger partial charge in [0.2, 0.25) is 0 Å². The van der Waals surface area contributed by atoms with E-state index in [1.807, 2.05) is 6.07 Å². The molecule has 0 spiro atoms. The fourth-order valence-corrected chi connectivity index (χ4v) is 2.01. The predicted octanol–water partition coefficient (Wildman–Crippen LogP) is 1.87. The topological polar surface area (TPSA) is 48.1 Å². The Hall–Kier alpha value is -1.09. The normalized spacial score (nSPS) is 18.4. The zero-order chi connectivity index (χ0) is 9.97. The first-order chi connectivity index (χ1) is 6.77. The van der Waals surface area contributed by atoms with Gasteiger partial charge in [-0.1, -0.05) is 0 Å². The molecule has 0 atom stereocenters. The van der Waals surface area contributed by atoms with Crippen molar-refractivity contribution >= 4 is 5.69 Å². The van der Waals surface area contributed by atoms with E-state index >= 15 is 0 Å². The molecule has 0 saturated carbocycles. The molecule has 2 rings (SSSR count). The minimum atomic E-state index is 0.560. The lowest BCUT2D eigenvalue weighted by atomic mass is 9.93. The average molecular weight is 192 g/mol. The highest BCUT2D eigenvalue weighted by molar-refractivity contribution is 5.40. The van der Waals surface area contributed by atoms with E-state index < -0.39 is 0 Å². The molecule has 3 nitrogen and oxygen atoms in total. The number of ether oxygens (including phenoxy) is 1. The number of aryl methyl sites for hydroxylation is 1. The lowest BCUT2D eigenvalue weighted by Crippen LogP contribution is -2.16. The van der Waals surface area contributed by atoms with Crippen LogP contribution in [-0.4, -0.2) is 18.2 Å². The molecular weight excluding hydrogens is 176 g/mol. The summed E-state index contributed by atoms with van der Waals surface area (Å²) in [6.45, 7) is 3.79. The molecule has 0 aliphatic carbocycles. The van der Waals surface area contributed by atoms with Gasteiger partial charge in [0.15, 0.2) is 0 Å². The maximum atomic E-state index is 5.67. The second-order valence-electron chi connectivity index (χ2n) is 3.86. The van der Waals surface area contributed by atoms with Crippen molar-refractivity contribution in [2.75, 3.05) is 18.9 Å². The number of aromatic nitrogens is 1. The van der Waals surface area contributed by atoms with Crippen molar-refractivity contribution in [3.05, 3.63) is 23.5 Å². The highest BCUT2D eigenvalue weighted by atomic mass is 16.5. The van der Waals surface area contributed by atoms with E-state index in [1.165, 1.54) is 11.3 Å². The van der Waals surface area contributed by atoms with Gasteiger partial charge in [-0.05, 0) is 31.4 Å². The van der Waals surface area contributed by atoms with Crippen molar-refractivity contribution in [2.45, 2.75) is 25.7 Å². The number of pyridine rings is 1. The summed E-state index contributed by atoms with van der Waals surface area (Å²) in [5, 5.41) is 0. The van der Waals surface area contributed by atoms with Crippen molar-refractivity contribution in [3.63, 3.8) is 0 Å². The Morgan fingerprint density at radius 1 is 1.43 bits per heavy atom. The Bertz CT molecular complexity index is 319. The molecule has 1 aliphatic heterocycles. The smallest absolute Gasteiger partial charge is 0.0503 e. The van der Waals surface area contributed by atoms with Crippen molar-refractivity contribution < 1.29 is 4.74 Å². The minimum Gasteiger partial charge on any atom is -0.397 e. The monoisotopic (exact) mass is 192 g/mol. The quantitative estimate of drug-likeness (QED) is 0.739. The summed E-state index contributed by atoms with van der Waals surface area (Å²) in [7, 11) is 0. The largest absolute Gasteiger partial charge is 0.397 e. The Labute approximate surface area is 84.3 Å². The van der Waals surface area contributed by atoms with Gasteiger partial charge >= 0.3 is 0 Å². The van der Waals surface area contributed by atoms with Crippen LogP contribution in [0.25, 0.3) is 0 Å². The van der Waals surface area contributed by atoms with Gasteiger partial charge in [0.05, 0.1) is 11.9 Å². The SMILES string of the molecule is Cc1cc(N)cnc1C1CCOCC1. The summed E-state index contributed by atoms with van der Waals surface area (Å²) in [5.74, 6) is 0.560. The summed E-state index contributed by atoms with van der Waals surface area (Å²) in [6, 6.07) is 2.00. The molecule has 1 aromatic heterocycles. The number of hydrogen-bond acceptors (Lipinski definition) is 3. The molecule has 0 radical (unpaired) electrons. The first kappa shape index (κ1) is 9.46. The summed E-state index contributed by atoms with van der Waals surface area (Å²) in [5.41, 5.74) is 8.82. The van der Waals surface area contributed by atoms with Crippen LogP contribution in [0.1, 0.15) is 30.0 Å². The van der Waals surface area contributed by atoms with Crippen LogP contribution in [0.4, 0.5) is 5.69 Å². The Morgan fingerprint density at radius 2 is 2.14 bits per heavy atom. The van der Waals surface area contributed by atoms with Crippen LogP contribution in [0.15, 0.2) is 12.3 Å². The van der Waals surface area contributed by atoms with Crippen LogP contribution in [0.5, 0.6) is 0 Å². The third kappa shape index (κ3) is 1.87. The number of nitrogens with two attached hydrogens (primary N) is 1. The highest BCUT2D eigenvalue weighted by Gasteiger charge is 2.18. The fraction of sp³-hybridized carbons (Fsp3) is 0.545. The number of anilines is 1. The molecule has 2 heterocycles. The molecular formula is C11H16N2O. The molecule has 0 amide bonds. The van der Waals surface area contributed by atoms with Crippen molar-refractivity contribution in [1.82, 2.24) is 4.98 Å². The first-order valence-electron chi connectivity index (χ1n) is 5.07. The molecule has 76 valence electrons. The van der Waals surface area contributed by atoms with Crippen molar-refractivity contribution in [1.29, 1.82) is 0 Å². The Kier molecular flexibility index (Phi) is 2.68. The molecule has 1 fully saturated rings. The molecule has 1 aliphatic rings. The summed E-state index contributed by atoms with van der Waals surface area (Å²) >= 11 is 0. The van der Waals surface area contributed by atoms with Crippen LogP contribution >= 0.6 is 0 Å². The summed E-state index contributed by atoms with van der Waals surface area (Å²) < 4.78 is 5.33. The van der Waals surface area contributed by atoms with Crippen LogP contribution in [0.2, 0.25) is 0 Å². The number of nitrogens with zero attached hydrogens (tertiary/aromatic N) is 1. The third-order valence-electron chi connectivity index (χ3n) is 2.75. The van der Waals surface area contributed by atoms with Crippen molar-refractivity contribution in [3.8, 4) is 0 Å². The number of hydrogen-bond donors (Lipinski definition) is 1. The third-order valence-corrected chi connectivity index (χ3v) is 2.75. The average Bonchev–Trinajstić information content (AvgIpc) is 2.19. The zero-order valence-corrected chi connectivity index (χ0v) is 8.49. The summed E-state index contributed by atoms with van der Waals surface area (Å²) in [6.07, 6.45) is 3.91. The van der Waals surface area contributed by atoms with Gasteiger partial charge in [-0.25, -0.2) is 0 Å². The van der Waals surface area contributed by atoms with Gasteiger partial charge in [0.25, 0.3) is 0 Å². The minimum absolute atomic E-state index is 0.560. The second-order valence-corrected chi connectivity index (χ2v) is 3.86. The molecule has 0 bridgehead atoms. The van der Waals surface area contributed by atoms with Gasteiger partial charge < -0.3 is 10.5 Å². The van der Waals surface area contributed by atoms with E-state index in [-0.39, 0.29) is 0 Å². The fourth-order valence-electron chi connectivity index (χ4n) is 2.01. The van der Waals surface area contributed by atoms with E-state index in [0.717, 1.165) is 31.7 Å². The van der Waals surface area contributed by atoms with E-state index in [0.29, 0.717) is 5.92 Å². The van der Waals surface area contributed by atoms with Gasteiger partial charge in [-0.3, -0.25) is 4.98 Å². The number of nitrogen functional groups attached to an aromatic ring is 1. The lowest BCUT2D eigenvalue weighted by Gasteiger charge is -2.22. The Morgan fingerprint density at radius 3 is 2.79 bits per heavy atom. The van der Waals surface area contributed by atoms with Crippen LogP contribution in [-0.2, 0) is 4.74 Å². The van der Waals surface area contributed by atoms with Crippen molar-refractivity contribution in [2.24, 2.45) is 0 Å². The maximum Gasteiger partial charge on any atom is 0.0503 e. The standard InChI is InChI=1S/C11H16N2O/c1-8-6-10(12)7-13-11(8)9-2-4-14-5-3-9/h6-7,9H,2-5,12H2,1H3. The molecule has 14 heavy (non-hydrogen) atoms.